The van der Waals surface area contributed by atoms with Gasteiger partial charge in [-0.2, -0.15) is 0 Å². The second-order valence-corrected chi connectivity index (χ2v) is 4.69. The average molecular weight is 289 g/mol. The van der Waals surface area contributed by atoms with Gasteiger partial charge in [-0.1, -0.05) is 0 Å². The van der Waals surface area contributed by atoms with Gasteiger partial charge < -0.3 is 13.9 Å². The van der Waals surface area contributed by atoms with Gasteiger partial charge in [0.05, 0.1) is 6.61 Å². The molecule has 0 aromatic carbocycles. The molecule has 1 aliphatic rings. The Morgan fingerprint density at radius 2 is 2.19 bits per heavy atom. The van der Waals surface area contributed by atoms with Crippen molar-refractivity contribution in [3.63, 3.8) is 0 Å². The molecule has 0 radical (unpaired) electrons. The summed E-state index contributed by atoms with van der Waals surface area (Å²) in [5, 5.41) is 0. The number of fused-ring (bicyclic) bond motifs is 1. The average Bonchev–Trinajstić information content (AvgIpc) is 3.08. The van der Waals surface area contributed by atoms with Crippen LogP contribution in [-0.2, 0) is 9.53 Å². The molecule has 0 unspecified atom stereocenters. The fourth-order valence-electron chi connectivity index (χ4n) is 2.19. The van der Waals surface area contributed by atoms with Crippen LogP contribution in [0.5, 0.6) is 5.75 Å². The molecule has 0 spiro atoms. The van der Waals surface area contributed by atoms with Crippen molar-refractivity contribution < 1.29 is 19.1 Å². The van der Waals surface area contributed by atoms with Crippen LogP contribution in [0.4, 0.5) is 4.79 Å². The molecule has 0 aliphatic carbocycles. The highest BCUT2D eigenvalue weighted by molar-refractivity contribution is 5.97. The van der Waals surface area contributed by atoms with Gasteiger partial charge in [0.15, 0.2) is 18.0 Å². The Balaban J connectivity index is 1.45. The number of carbonyl (C=O) groups is 2. The van der Waals surface area contributed by atoms with Gasteiger partial charge in [0.1, 0.15) is 0 Å². The van der Waals surface area contributed by atoms with Crippen LogP contribution in [0.25, 0.3) is 5.65 Å². The van der Waals surface area contributed by atoms with Crippen LogP contribution in [0, 0.1) is 0 Å². The number of amides is 2. The highest BCUT2D eigenvalue weighted by Crippen LogP contribution is 2.17. The lowest BCUT2D eigenvalue weighted by molar-refractivity contribution is -0.125. The molecule has 110 valence electrons. The smallest absolute Gasteiger partial charge is 0.417 e. The number of rotatable bonds is 6. The number of imidazole rings is 1. The van der Waals surface area contributed by atoms with E-state index in [1.54, 1.807) is 6.20 Å². The monoisotopic (exact) mass is 289 g/mol. The topological polar surface area (TPSA) is 73.1 Å². The van der Waals surface area contributed by atoms with E-state index in [1.807, 2.05) is 28.9 Å². The third kappa shape index (κ3) is 2.81. The minimum Gasteiger partial charge on any atom is -0.490 e. The summed E-state index contributed by atoms with van der Waals surface area (Å²) in [5.74, 6) is 0.447. The Kier molecular flexibility index (Phi) is 3.72. The Morgan fingerprint density at radius 1 is 1.29 bits per heavy atom. The highest BCUT2D eigenvalue weighted by Gasteiger charge is 2.29. The van der Waals surface area contributed by atoms with Crippen LogP contribution in [-0.4, -0.2) is 46.0 Å². The van der Waals surface area contributed by atoms with Crippen molar-refractivity contribution in [3.8, 4) is 5.75 Å². The molecule has 0 atom stereocenters. The molecule has 0 saturated carbocycles. The molecule has 0 N–H and O–H groups in total. The number of carbonyl (C=O) groups excluding carboxylic acids is 2. The van der Waals surface area contributed by atoms with Gasteiger partial charge in [-0.25, -0.2) is 14.7 Å². The SMILES string of the molecule is O=C1COC(=O)N1CCCCOc1cccn2ccnc12. The quantitative estimate of drug-likeness (QED) is 0.753. The lowest BCUT2D eigenvalue weighted by Crippen LogP contribution is -2.30. The van der Waals surface area contributed by atoms with Crippen molar-refractivity contribution in [3.05, 3.63) is 30.7 Å². The summed E-state index contributed by atoms with van der Waals surface area (Å²) >= 11 is 0. The first-order valence-corrected chi connectivity index (χ1v) is 6.77. The van der Waals surface area contributed by atoms with Gasteiger partial charge in [0, 0.05) is 25.1 Å². The van der Waals surface area contributed by atoms with Gasteiger partial charge in [0.2, 0.25) is 0 Å². The third-order valence-electron chi connectivity index (χ3n) is 3.26. The molecular formula is C14H15N3O4. The van der Waals surface area contributed by atoms with Gasteiger partial charge in [-0.15, -0.1) is 0 Å². The van der Waals surface area contributed by atoms with Crippen molar-refractivity contribution in [2.45, 2.75) is 12.8 Å². The van der Waals surface area contributed by atoms with Crippen molar-refractivity contribution in [2.24, 2.45) is 0 Å². The van der Waals surface area contributed by atoms with E-state index >= 15 is 0 Å². The maximum Gasteiger partial charge on any atom is 0.417 e. The summed E-state index contributed by atoms with van der Waals surface area (Å²) in [4.78, 5) is 27.9. The molecule has 1 fully saturated rings. The minimum atomic E-state index is -0.553. The number of hydrogen-bond acceptors (Lipinski definition) is 5. The summed E-state index contributed by atoms with van der Waals surface area (Å²) in [7, 11) is 0. The first-order valence-electron chi connectivity index (χ1n) is 6.77. The minimum absolute atomic E-state index is 0.142. The molecule has 7 heteroatoms. The maximum atomic E-state index is 11.3. The Bertz CT molecular complexity index is 651. The largest absolute Gasteiger partial charge is 0.490 e. The van der Waals surface area contributed by atoms with E-state index in [0.29, 0.717) is 19.6 Å². The van der Waals surface area contributed by atoms with Gasteiger partial charge in [0.25, 0.3) is 5.91 Å². The Hall–Kier alpha value is -2.57. The van der Waals surface area contributed by atoms with Crippen LogP contribution in [0.1, 0.15) is 12.8 Å². The van der Waals surface area contributed by atoms with Crippen LogP contribution in [0.15, 0.2) is 30.7 Å². The number of unbranched alkanes of at least 4 members (excludes halogenated alkanes) is 1. The van der Waals surface area contributed by atoms with Gasteiger partial charge in [-0.3, -0.25) is 4.79 Å². The maximum absolute atomic E-state index is 11.3. The lowest BCUT2D eigenvalue weighted by atomic mass is 10.3. The molecule has 2 aromatic heterocycles. The molecule has 21 heavy (non-hydrogen) atoms. The Morgan fingerprint density at radius 3 is 3.00 bits per heavy atom. The van der Waals surface area contributed by atoms with E-state index in [9.17, 15) is 9.59 Å². The van der Waals surface area contributed by atoms with Crippen molar-refractivity contribution in [1.82, 2.24) is 14.3 Å². The molecule has 1 saturated heterocycles. The van der Waals surface area contributed by atoms with E-state index < -0.39 is 6.09 Å². The number of cyclic esters (lactones) is 1. The summed E-state index contributed by atoms with van der Waals surface area (Å²) < 4.78 is 12.2. The number of pyridine rings is 1. The first-order chi connectivity index (χ1) is 10.3. The van der Waals surface area contributed by atoms with Crippen LogP contribution in [0.2, 0.25) is 0 Å². The molecule has 3 rings (SSSR count). The summed E-state index contributed by atoms with van der Waals surface area (Å²) in [6.07, 6.45) is 6.33. The third-order valence-corrected chi connectivity index (χ3v) is 3.26. The summed E-state index contributed by atoms with van der Waals surface area (Å²) in [6.45, 7) is 0.732. The van der Waals surface area contributed by atoms with Crippen LogP contribution in [0.3, 0.4) is 0 Å². The zero-order valence-electron chi connectivity index (χ0n) is 11.4. The number of aromatic nitrogens is 2. The van der Waals surface area contributed by atoms with E-state index in [0.717, 1.165) is 22.7 Å². The fourth-order valence-corrected chi connectivity index (χ4v) is 2.19. The van der Waals surface area contributed by atoms with Gasteiger partial charge >= 0.3 is 6.09 Å². The predicted octanol–water partition coefficient (Wildman–Crippen LogP) is 1.47. The predicted molar refractivity (Wildman–Crippen MR) is 73.0 cm³/mol. The number of imide groups is 1. The number of hydrogen-bond donors (Lipinski definition) is 0. The first kappa shape index (κ1) is 13.4. The van der Waals surface area contributed by atoms with Crippen LogP contribution >= 0.6 is 0 Å². The Labute approximate surface area is 121 Å². The fraction of sp³-hybridized carbons (Fsp3) is 0.357. The second-order valence-electron chi connectivity index (χ2n) is 4.69. The van der Waals surface area contributed by atoms with E-state index in [4.69, 9.17) is 4.74 Å². The van der Waals surface area contributed by atoms with Crippen molar-refractivity contribution >= 4 is 17.6 Å². The second kappa shape index (κ2) is 5.82. The molecule has 0 bridgehead atoms. The van der Waals surface area contributed by atoms with Crippen molar-refractivity contribution in [1.29, 1.82) is 0 Å². The zero-order chi connectivity index (χ0) is 14.7. The van der Waals surface area contributed by atoms with Crippen LogP contribution < -0.4 is 4.74 Å². The molecule has 3 heterocycles. The zero-order valence-corrected chi connectivity index (χ0v) is 11.4. The van der Waals surface area contributed by atoms with Crippen molar-refractivity contribution in [2.75, 3.05) is 19.8 Å². The number of nitrogens with zero attached hydrogens (tertiary/aromatic N) is 3. The normalized spacial score (nSPS) is 14.8. The van der Waals surface area contributed by atoms with E-state index in [-0.39, 0.29) is 12.5 Å². The molecule has 2 amide bonds. The standard InChI is InChI=1S/C14H15N3O4/c18-12-10-21-14(19)17(12)7-1-2-9-20-11-4-3-6-16-8-5-15-13(11)16/h3-6,8H,1-2,7,9-10H2. The number of ether oxygens (including phenoxy) is 2. The summed E-state index contributed by atoms with van der Waals surface area (Å²) in [5.41, 5.74) is 0.774. The summed E-state index contributed by atoms with van der Waals surface area (Å²) in [6, 6.07) is 3.76. The molecule has 2 aromatic rings. The van der Waals surface area contributed by atoms with E-state index in [2.05, 4.69) is 9.72 Å². The lowest BCUT2D eigenvalue weighted by Gasteiger charge is -2.11. The highest BCUT2D eigenvalue weighted by atomic mass is 16.6. The molecule has 1 aliphatic heterocycles. The molecule has 7 nitrogen and oxygen atoms in total. The van der Waals surface area contributed by atoms with Gasteiger partial charge in [-0.05, 0) is 25.0 Å². The van der Waals surface area contributed by atoms with E-state index in [1.165, 1.54) is 0 Å². The molecular weight excluding hydrogens is 274 g/mol.